The maximum Gasteiger partial charge on any atom is 0.148 e. The fraction of sp³-hybridized carbons (Fsp3) is 1.00. The van der Waals surface area contributed by atoms with Crippen molar-refractivity contribution in [1.82, 2.24) is 5.32 Å². The van der Waals surface area contributed by atoms with Gasteiger partial charge >= 0.3 is 0 Å². The number of nitrogens with one attached hydrogen (secondary N) is 1. The van der Waals surface area contributed by atoms with E-state index in [0.717, 1.165) is 25.8 Å². The van der Waals surface area contributed by atoms with Crippen molar-refractivity contribution in [1.29, 1.82) is 0 Å². The van der Waals surface area contributed by atoms with Crippen LogP contribution in [0.15, 0.2) is 0 Å². The molecule has 0 aliphatic carbocycles. The van der Waals surface area contributed by atoms with E-state index in [0.29, 0.717) is 0 Å². The first-order valence-corrected chi connectivity index (χ1v) is 6.96. The van der Waals surface area contributed by atoms with Crippen LogP contribution in [0, 0.1) is 0 Å². The average molecular weight is 207 g/mol. The van der Waals surface area contributed by atoms with Crippen LogP contribution >= 0.6 is 0 Å². The van der Waals surface area contributed by atoms with Crippen LogP contribution in [0.3, 0.4) is 0 Å². The summed E-state index contributed by atoms with van der Waals surface area (Å²) in [4.78, 5) is 0. The topological polar surface area (TPSA) is 46.2 Å². The van der Waals surface area contributed by atoms with Crippen LogP contribution in [0.1, 0.15) is 33.1 Å². The van der Waals surface area contributed by atoms with Gasteiger partial charge in [0.2, 0.25) is 0 Å². The Balaban J connectivity index is 3.94. The molecule has 0 aromatic rings. The van der Waals surface area contributed by atoms with Crippen molar-refractivity contribution in [2.75, 3.05) is 18.6 Å². The molecule has 13 heavy (non-hydrogen) atoms. The molecular formula is C9H21NO2S. The predicted molar refractivity (Wildman–Crippen MR) is 56.7 cm³/mol. The van der Waals surface area contributed by atoms with Crippen molar-refractivity contribution in [3.05, 3.63) is 0 Å². The molecule has 0 aromatic carbocycles. The quantitative estimate of drug-likeness (QED) is 0.682. The highest BCUT2D eigenvalue weighted by atomic mass is 32.2. The zero-order chi connectivity index (χ0) is 10.3. The van der Waals surface area contributed by atoms with Crippen LogP contribution in [0.4, 0.5) is 0 Å². The zero-order valence-corrected chi connectivity index (χ0v) is 9.65. The molecule has 0 saturated heterocycles. The van der Waals surface area contributed by atoms with Crippen LogP contribution in [0.25, 0.3) is 0 Å². The molecule has 1 N–H and O–H groups in total. The van der Waals surface area contributed by atoms with Gasteiger partial charge in [-0.2, -0.15) is 0 Å². The fourth-order valence-electron chi connectivity index (χ4n) is 1.31. The van der Waals surface area contributed by atoms with E-state index in [4.69, 9.17) is 0 Å². The van der Waals surface area contributed by atoms with E-state index in [1.807, 2.05) is 0 Å². The van der Waals surface area contributed by atoms with Crippen LogP contribution in [-0.4, -0.2) is 33.0 Å². The maximum absolute atomic E-state index is 11.0. The van der Waals surface area contributed by atoms with Gasteiger partial charge in [0.1, 0.15) is 9.84 Å². The van der Waals surface area contributed by atoms with E-state index >= 15 is 0 Å². The fourth-order valence-corrected chi connectivity index (χ4v) is 2.32. The summed E-state index contributed by atoms with van der Waals surface area (Å²) < 4.78 is 22.1. The van der Waals surface area contributed by atoms with Crippen molar-refractivity contribution in [3.8, 4) is 0 Å². The Morgan fingerprint density at radius 2 is 1.85 bits per heavy atom. The lowest BCUT2D eigenvalue weighted by molar-refractivity contribution is 0.501. The Morgan fingerprint density at radius 1 is 1.23 bits per heavy atom. The summed E-state index contributed by atoms with van der Waals surface area (Å²) in [5, 5.41) is 3.25. The molecule has 4 heteroatoms. The zero-order valence-electron chi connectivity index (χ0n) is 8.84. The molecule has 0 aromatic heterocycles. The van der Waals surface area contributed by atoms with E-state index in [9.17, 15) is 8.42 Å². The molecule has 1 unspecified atom stereocenters. The summed E-state index contributed by atoms with van der Waals surface area (Å²) in [7, 11) is -2.84. The smallest absolute Gasteiger partial charge is 0.148 e. The summed E-state index contributed by atoms with van der Waals surface area (Å²) in [6.45, 7) is 5.06. The SMILES string of the molecule is CCCNC(CCC)CS(C)(=O)=O. The third kappa shape index (κ3) is 8.25. The van der Waals surface area contributed by atoms with Crippen LogP contribution in [-0.2, 0) is 9.84 Å². The summed E-state index contributed by atoms with van der Waals surface area (Å²) in [6.07, 6.45) is 4.30. The van der Waals surface area contributed by atoms with Gasteiger partial charge in [0, 0.05) is 12.3 Å². The largest absolute Gasteiger partial charge is 0.313 e. The Bertz CT molecular complexity index is 212. The number of hydrogen-bond acceptors (Lipinski definition) is 3. The standard InChI is InChI=1S/C9H21NO2S/c1-4-6-9(10-7-5-2)8-13(3,11)12/h9-10H,4-8H2,1-3H3. The van der Waals surface area contributed by atoms with E-state index in [2.05, 4.69) is 19.2 Å². The lowest BCUT2D eigenvalue weighted by Gasteiger charge is -2.16. The van der Waals surface area contributed by atoms with E-state index in [1.165, 1.54) is 6.26 Å². The molecular weight excluding hydrogens is 186 g/mol. The highest BCUT2D eigenvalue weighted by molar-refractivity contribution is 7.90. The Kier molecular flexibility index (Phi) is 6.33. The van der Waals surface area contributed by atoms with Gasteiger partial charge in [0.05, 0.1) is 5.75 Å². The van der Waals surface area contributed by atoms with Gasteiger partial charge in [-0.05, 0) is 19.4 Å². The molecule has 0 saturated carbocycles. The molecule has 0 aliphatic heterocycles. The van der Waals surface area contributed by atoms with Gasteiger partial charge in [-0.15, -0.1) is 0 Å². The van der Waals surface area contributed by atoms with Gasteiger partial charge in [0.25, 0.3) is 0 Å². The first-order valence-electron chi connectivity index (χ1n) is 4.90. The third-order valence-corrected chi connectivity index (χ3v) is 2.83. The maximum atomic E-state index is 11.0. The Labute approximate surface area is 81.8 Å². The molecule has 0 radical (unpaired) electrons. The molecule has 0 amide bonds. The van der Waals surface area contributed by atoms with Crippen molar-refractivity contribution in [2.24, 2.45) is 0 Å². The Morgan fingerprint density at radius 3 is 2.23 bits per heavy atom. The predicted octanol–water partition coefficient (Wildman–Crippen LogP) is 1.20. The minimum absolute atomic E-state index is 0.139. The monoisotopic (exact) mass is 207 g/mol. The molecule has 3 nitrogen and oxygen atoms in total. The van der Waals surface area contributed by atoms with Gasteiger partial charge in [-0.1, -0.05) is 20.3 Å². The molecule has 80 valence electrons. The third-order valence-electron chi connectivity index (χ3n) is 1.82. The lowest BCUT2D eigenvalue weighted by atomic mass is 10.2. The molecule has 0 aliphatic rings. The van der Waals surface area contributed by atoms with Crippen molar-refractivity contribution >= 4 is 9.84 Å². The van der Waals surface area contributed by atoms with E-state index in [-0.39, 0.29) is 11.8 Å². The summed E-state index contributed by atoms with van der Waals surface area (Å²) in [5.74, 6) is 0.265. The minimum atomic E-state index is -2.84. The van der Waals surface area contributed by atoms with Gasteiger partial charge < -0.3 is 5.32 Å². The van der Waals surface area contributed by atoms with Gasteiger partial charge in [0.15, 0.2) is 0 Å². The Hall–Kier alpha value is -0.0900. The van der Waals surface area contributed by atoms with Crippen LogP contribution < -0.4 is 5.32 Å². The second-order valence-electron chi connectivity index (χ2n) is 3.53. The van der Waals surface area contributed by atoms with Gasteiger partial charge in [-0.25, -0.2) is 8.42 Å². The first kappa shape index (κ1) is 12.9. The highest BCUT2D eigenvalue weighted by Gasteiger charge is 2.12. The van der Waals surface area contributed by atoms with Crippen molar-refractivity contribution in [2.45, 2.75) is 39.2 Å². The number of sulfone groups is 1. The minimum Gasteiger partial charge on any atom is -0.313 e. The first-order chi connectivity index (χ1) is 5.99. The molecule has 0 heterocycles. The van der Waals surface area contributed by atoms with E-state index < -0.39 is 9.84 Å². The van der Waals surface area contributed by atoms with Crippen molar-refractivity contribution < 1.29 is 8.42 Å². The average Bonchev–Trinajstić information content (AvgIpc) is 1.98. The highest BCUT2D eigenvalue weighted by Crippen LogP contribution is 2.00. The van der Waals surface area contributed by atoms with Crippen LogP contribution in [0.5, 0.6) is 0 Å². The number of rotatable bonds is 7. The second-order valence-corrected chi connectivity index (χ2v) is 5.72. The second kappa shape index (κ2) is 6.38. The van der Waals surface area contributed by atoms with Crippen LogP contribution in [0.2, 0.25) is 0 Å². The molecule has 0 rings (SSSR count). The normalized spacial score (nSPS) is 14.4. The molecule has 0 bridgehead atoms. The molecule has 0 fully saturated rings. The number of hydrogen-bond donors (Lipinski definition) is 1. The van der Waals surface area contributed by atoms with E-state index in [1.54, 1.807) is 0 Å². The lowest BCUT2D eigenvalue weighted by Crippen LogP contribution is -2.35. The summed E-state index contributed by atoms with van der Waals surface area (Å²) in [6, 6.07) is 0.139. The van der Waals surface area contributed by atoms with Gasteiger partial charge in [-0.3, -0.25) is 0 Å². The molecule has 0 spiro atoms. The summed E-state index contributed by atoms with van der Waals surface area (Å²) in [5.41, 5.74) is 0. The van der Waals surface area contributed by atoms with Crippen molar-refractivity contribution in [3.63, 3.8) is 0 Å². The molecule has 1 atom stereocenters. The summed E-state index contributed by atoms with van der Waals surface area (Å²) >= 11 is 0.